The highest BCUT2D eigenvalue weighted by molar-refractivity contribution is 5.75. The predicted octanol–water partition coefficient (Wildman–Crippen LogP) is 9.32. The number of nitrogens with one attached hydrogen (secondary N) is 1. The maximum absolute atomic E-state index is 13.9. The minimum absolute atomic E-state index is 0.00610. The first-order valence-electron chi connectivity index (χ1n) is 20.3. The van der Waals surface area contributed by atoms with E-state index in [1.54, 1.807) is 0 Å². The minimum Gasteiger partial charge on any atom is -0.481 e. The van der Waals surface area contributed by atoms with Crippen molar-refractivity contribution in [3.05, 3.63) is 23.3 Å². The number of halogens is 1. The van der Waals surface area contributed by atoms with Gasteiger partial charge in [0.25, 0.3) is 0 Å². The molecule has 5 nitrogen and oxygen atoms in total. The minimum atomic E-state index is -1.25. The molecule has 9 atom stereocenters. The van der Waals surface area contributed by atoms with Crippen LogP contribution in [0.25, 0.3) is 0 Å². The number of carboxylic acid groups (broad SMARTS) is 1. The van der Waals surface area contributed by atoms with Gasteiger partial charge in [0.1, 0.15) is 6.67 Å². The fourth-order valence-electron chi connectivity index (χ4n) is 14.6. The van der Waals surface area contributed by atoms with Crippen molar-refractivity contribution in [1.29, 1.82) is 0 Å². The van der Waals surface area contributed by atoms with Gasteiger partial charge in [-0.25, -0.2) is 4.39 Å². The molecule has 276 valence electrons. The zero-order chi connectivity index (χ0) is 35.3. The van der Waals surface area contributed by atoms with Crippen LogP contribution in [0.3, 0.4) is 0 Å². The number of alkyl halides is 1. The van der Waals surface area contributed by atoms with Crippen LogP contribution in [0.1, 0.15) is 157 Å². The molecule has 5 saturated carbocycles. The van der Waals surface area contributed by atoms with Crippen molar-refractivity contribution in [2.45, 2.75) is 174 Å². The van der Waals surface area contributed by atoms with Crippen LogP contribution in [-0.4, -0.2) is 51.2 Å². The van der Waals surface area contributed by atoms with Crippen LogP contribution in [0.15, 0.2) is 23.3 Å². The first kappa shape index (κ1) is 36.1. The first-order valence-corrected chi connectivity index (χ1v) is 20.3. The Bertz CT molecular complexity index is 1380. The summed E-state index contributed by atoms with van der Waals surface area (Å²) >= 11 is 0. The highest BCUT2D eigenvalue weighted by Gasteiger charge is 2.69. The number of hydrogen-bond donors (Lipinski definition) is 4. The van der Waals surface area contributed by atoms with Gasteiger partial charge in [0, 0.05) is 5.54 Å². The standard InChI is InChI=1S/C43H68FNO4/c1-36(2)30(29-11-18-41(28-44,19-12-29)35(46)47)13-16-38(4)33(36)14-17-40(6)34(38)10-9-31-32-8-7-15-43(32,25-22-39(31,40)5)45-27-26-42(49)23-20-37(3,48)21-24-42/h11,13,31-34,45,48-49H,7-10,12,14-28H2,1-6H3,(H,46,47)/t31-,32-,33+,34-,37?,38+,39-,40-,41+,42?,43+/m1/s1. The fraction of sp³-hybridized carbons (Fsp3) is 0.884. The molecule has 5 fully saturated rings. The van der Waals surface area contributed by atoms with E-state index in [-0.39, 0.29) is 16.4 Å². The summed E-state index contributed by atoms with van der Waals surface area (Å²) in [6.07, 6.45) is 22.3. The summed E-state index contributed by atoms with van der Waals surface area (Å²) in [5.41, 5.74) is 1.26. The summed E-state index contributed by atoms with van der Waals surface area (Å²) in [6, 6.07) is 0. The molecule has 0 amide bonds. The highest BCUT2D eigenvalue weighted by atomic mass is 19.1. The molecule has 0 spiro atoms. The molecule has 49 heavy (non-hydrogen) atoms. The second kappa shape index (κ2) is 11.9. The average molecular weight is 682 g/mol. The Morgan fingerprint density at radius 2 is 1.53 bits per heavy atom. The second-order valence-electron chi connectivity index (χ2n) is 20.4. The molecule has 7 aliphatic rings. The van der Waals surface area contributed by atoms with Crippen molar-refractivity contribution in [2.75, 3.05) is 13.2 Å². The highest BCUT2D eigenvalue weighted by Crippen LogP contribution is 2.76. The number of carboxylic acids is 1. The molecule has 6 heteroatoms. The molecule has 0 aromatic carbocycles. The van der Waals surface area contributed by atoms with Gasteiger partial charge in [-0.05, 0) is 179 Å². The van der Waals surface area contributed by atoms with Gasteiger partial charge in [0.15, 0.2) is 0 Å². The molecule has 4 N–H and O–H groups in total. The Hall–Kier alpha value is -1.24. The summed E-state index contributed by atoms with van der Waals surface area (Å²) in [5.74, 6) is 1.73. The maximum Gasteiger partial charge on any atom is 0.312 e. The molecule has 7 rings (SSSR count). The zero-order valence-corrected chi connectivity index (χ0v) is 31.7. The SMILES string of the molecule is CC1(O)CCC(O)(CCN[C@]23CCC[C@@H]2[C@H]2CC[C@@H]4[C@@]5(C)CC=C(C6=CC[C@](CF)(C(=O)O)CC6)C(C)(C)[C@@H]5CC[C@@]4(C)[C@]2(C)CC3)CC1. The van der Waals surface area contributed by atoms with Crippen LogP contribution in [0.5, 0.6) is 0 Å². The lowest BCUT2D eigenvalue weighted by Gasteiger charge is -2.72. The van der Waals surface area contributed by atoms with Crippen LogP contribution in [0, 0.1) is 50.7 Å². The van der Waals surface area contributed by atoms with Crippen LogP contribution in [0.2, 0.25) is 0 Å². The number of allylic oxidation sites excluding steroid dienone is 4. The van der Waals surface area contributed by atoms with E-state index in [1.165, 1.54) is 68.9 Å². The fourth-order valence-corrected chi connectivity index (χ4v) is 14.6. The lowest BCUT2D eigenvalue weighted by molar-refractivity contribution is -0.218. The van der Waals surface area contributed by atoms with Gasteiger partial charge < -0.3 is 20.6 Å². The predicted molar refractivity (Wildman–Crippen MR) is 194 cm³/mol. The van der Waals surface area contributed by atoms with Crippen molar-refractivity contribution >= 4 is 5.97 Å². The van der Waals surface area contributed by atoms with E-state index in [2.05, 4.69) is 52.1 Å². The number of fused-ring (bicyclic) bond motifs is 7. The summed E-state index contributed by atoms with van der Waals surface area (Å²) in [7, 11) is 0. The van der Waals surface area contributed by atoms with E-state index < -0.39 is 29.3 Å². The lowest BCUT2D eigenvalue weighted by atomic mass is 9.33. The Morgan fingerprint density at radius 1 is 0.796 bits per heavy atom. The largest absolute Gasteiger partial charge is 0.481 e. The van der Waals surface area contributed by atoms with E-state index in [0.717, 1.165) is 25.3 Å². The van der Waals surface area contributed by atoms with Crippen molar-refractivity contribution in [3.8, 4) is 0 Å². The normalized spacial score (nSPS) is 50.6. The Kier molecular flexibility index (Phi) is 8.77. The quantitative estimate of drug-likeness (QED) is 0.215. The summed E-state index contributed by atoms with van der Waals surface area (Å²) in [4.78, 5) is 11.9. The van der Waals surface area contributed by atoms with Gasteiger partial charge in [-0.1, -0.05) is 53.2 Å². The van der Waals surface area contributed by atoms with Gasteiger partial charge in [0.05, 0.1) is 16.6 Å². The Balaban J connectivity index is 1.09. The maximum atomic E-state index is 13.9. The third-order valence-corrected chi connectivity index (χ3v) is 17.9. The number of aliphatic carboxylic acids is 1. The average Bonchev–Trinajstić information content (AvgIpc) is 3.47. The lowest BCUT2D eigenvalue weighted by Crippen LogP contribution is -2.67. The molecule has 0 aromatic rings. The molecule has 0 unspecified atom stereocenters. The monoisotopic (exact) mass is 682 g/mol. The number of rotatable bonds is 7. The van der Waals surface area contributed by atoms with Gasteiger partial charge in [0.2, 0.25) is 0 Å². The van der Waals surface area contributed by atoms with Crippen molar-refractivity contribution < 1.29 is 24.5 Å². The zero-order valence-electron chi connectivity index (χ0n) is 31.7. The number of aliphatic hydroxyl groups is 2. The van der Waals surface area contributed by atoms with Gasteiger partial charge in [-0.3, -0.25) is 4.79 Å². The summed E-state index contributed by atoms with van der Waals surface area (Å²) in [5, 5.41) is 35.8. The molecular formula is C43H68FNO4. The Morgan fingerprint density at radius 3 is 2.18 bits per heavy atom. The van der Waals surface area contributed by atoms with E-state index in [0.29, 0.717) is 73.5 Å². The molecule has 0 aliphatic heterocycles. The van der Waals surface area contributed by atoms with Gasteiger partial charge in [-0.15, -0.1) is 0 Å². The number of carbonyl (C=O) groups is 1. The molecular weight excluding hydrogens is 613 g/mol. The topological polar surface area (TPSA) is 89.8 Å². The van der Waals surface area contributed by atoms with E-state index >= 15 is 0 Å². The second-order valence-corrected chi connectivity index (χ2v) is 20.4. The smallest absolute Gasteiger partial charge is 0.312 e. The van der Waals surface area contributed by atoms with Gasteiger partial charge in [-0.2, -0.15) is 0 Å². The van der Waals surface area contributed by atoms with E-state index in [9.17, 15) is 24.5 Å². The summed E-state index contributed by atoms with van der Waals surface area (Å²) in [6.45, 7) is 14.9. The molecule has 0 heterocycles. The summed E-state index contributed by atoms with van der Waals surface area (Å²) < 4.78 is 13.9. The molecule has 0 saturated heterocycles. The molecule has 0 radical (unpaired) electrons. The van der Waals surface area contributed by atoms with Crippen LogP contribution < -0.4 is 5.32 Å². The van der Waals surface area contributed by atoms with Gasteiger partial charge >= 0.3 is 5.97 Å². The van der Waals surface area contributed by atoms with Crippen LogP contribution in [0.4, 0.5) is 4.39 Å². The number of hydrogen-bond acceptors (Lipinski definition) is 4. The van der Waals surface area contributed by atoms with E-state index in [1.807, 2.05) is 6.92 Å². The Labute approximate surface area is 296 Å². The third-order valence-electron chi connectivity index (χ3n) is 17.9. The van der Waals surface area contributed by atoms with Crippen molar-refractivity contribution in [2.24, 2.45) is 50.7 Å². The van der Waals surface area contributed by atoms with E-state index in [4.69, 9.17) is 0 Å². The van der Waals surface area contributed by atoms with Crippen molar-refractivity contribution in [3.63, 3.8) is 0 Å². The first-order chi connectivity index (χ1) is 22.9. The molecule has 0 bridgehead atoms. The van der Waals surface area contributed by atoms with Crippen LogP contribution in [-0.2, 0) is 4.79 Å². The molecule has 7 aliphatic carbocycles. The van der Waals surface area contributed by atoms with Crippen molar-refractivity contribution in [1.82, 2.24) is 5.32 Å². The molecule has 0 aromatic heterocycles. The van der Waals surface area contributed by atoms with Crippen LogP contribution >= 0.6 is 0 Å². The third kappa shape index (κ3) is 5.40.